The molecule has 0 aliphatic carbocycles. The van der Waals surface area contributed by atoms with Crippen LogP contribution in [0.4, 0.5) is 14.6 Å². The molecule has 0 amide bonds. The summed E-state index contributed by atoms with van der Waals surface area (Å²) in [6.07, 6.45) is 10.3. The van der Waals surface area contributed by atoms with Crippen LogP contribution < -0.4 is 9.64 Å². The zero-order valence-corrected chi connectivity index (χ0v) is 18.8. The summed E-state index contributed by atoms with van der Waals surface area (Å²) < 4.78 is 37.2. The second kappa shape index (κ2) is 8.46. The first-order valence-electron chi connectivity index (χ1n) is 11.2. The van der Waals surface area contributed by atoms with E-state index in [2.05, 4.69) is 15.2 Å². The highest BCUT2D eigenvalue weighted by molar-refractivity contribution is 5.69. The molecule has 0 unspecified atom stereocenters. The Morgan fingerprint density at radius 1 is 1.09 bits per heavy atom. The summed E-state index contributed by atoms with van der Waals surface area (Å²) in [7, 11) is 1.58. The molecule has 176 valence electrons. The van der Waals surface area contributed by atoms with Gasteiger partial charge in [-0.2, -0.15) is 10.2 Å². The van der Waals surface area contributed by atoms with Crippen molar-refractivity contribution >= 4 is 11.5 Å². The van der Waals surface area contributed by atoms with Crippen LogP contribution >= 0.6 is 0 Å². The molecule has 6 rings (SSSR count). The maximum Gasteiger partial charge on any atom is 0.221 e. The Kier molecular flexibility index (Phi) is 5.13. The van der Waals surface area contributed by atoms with Crippen molar-refractivity contribution in [1.82, 2.24) is 29.4 Å². The Hall–Kier alpha value is -4.34. The summed E-state index contributed by atoms with van der Waals surface area (Å²) in [5.74, 6) is 0.322. The van der Waals surface area contributed by atoms with Crippen molar-refractivity contribution in [1.29, 1.82) is 0 Å². The van der Waals surface area contributed by atoms with E-state index in [1.54, 1.807) is 34.9 Å². The molecule has 0 saturated carbocycles. The molecule has 0 bridgehead atoms. The van der Waals surface area contributed by atoms with Gasteiger partial charge in [0.25, 0.3) is 0 Å². The van der Waals surface area contributed by atoms with Crippen molar-refractivity contribution < 1.29 is 13.5 Å². The molecule has 0 spiro atoms. The summed E-state index contributed by atoms with van der Waals surface area (Å²) in [5.41, 5.74) is 3.30. The average Bonchev–Trinajstić information content (AvgIpc) is 3.64. The van der Waals surface area contributed by atoms with Gasteiger partial charge in [-0.15, -0.1) is 0 Å². The monoisotopic (exact) mass is 473 g/mol. The van der Waals surface area contributed by atoms with Crippen molar-refractivity contribution in [2.24, 2.45) is 0 Å². The number of hydrogen-bond donors (Lipinski definition) is 0. The van der Waals surface area contributed by atoms with Gasteiger partial charge in [0.2, 0.25) is 5.88 Å². The predicted molar refractivity (Wildman–Crippen MR) is 126 cm³/mol. The topological polar surface area (TPSA) is 73.4 Å². The fourth-order valence-corrected chi connectivity index (χ4v) is 4.67. The quantitative estimate of drug-likeness (QED) is 0.371. The molecule has 0 N–H and O–H groups in total. The van der Waals surface area contributed by atoms with E-state index in [1.807, 2.05) is 35.5 Å². The lowest BCUT2D eigenvalue weighted by molar-refractivity contribution is 0.399. The van der Waals surface area contributed by atoms with Gasteiger partial charge in [-0.25, -0.2) is 27.9 Å². The SMILES string of the molecule is COc1ncccc1-c1cnn(-c2cnn3ccc(N4CCC[C@@H]4c4cc(F)ccc4F)nc23)c1. The van der Waals surface area contributed by atoms with Crippen LogP contribution in [0.25, 0.3) is 22.5 Å². The Balaban J connectivity index is 1.38. The lowest BCUT2D eigenvalue weighted by atomic mass is 10.0. The lowest BCUT2D eigenvalue weighted by Crippen LogP contribution is -2.24. The van der Waals surface area contributed by atoms with E-state index in [1.165, 1.54) is 12.1 Å². The van der Waals surface area contributed by atoms with Gasteiger partial charge in [-0.3, -0.25) is 0 Å². The summed E-state index contributed by atoms with van der Waals surface area (Å²) in [5, 5.41) is 8.92. The molecule has 1 aromatic carbocycles. The van der Waals surface area contributed by atoms with E-state index in [-0.39, 0.29) is 6.04 Å². The van der Waals surface area contributed by atoms with E-state index in [0.29, 0.717) is 35.1 Å². The van der Waals surface area contributed by atoms with Crippen LogP contribution in [-0.4, -0.2) is 43.0 Å². The Bertz CT molecular complexity index is 1530. The first-order chi connectivity index (χ1) is 17.1. The van der Waals surface area contributed by atoms with Crippen LogP contribution in [0.15, 0.2) is 67.4 Å². The van der Waals surface area contributed by atoms with Gasteiger partial charge in [-0.1, -0.05) is 0 Å². The number of fused-ring (bicyclic) bond motifs is 1. The number of hydrogen-bond acceptors (Lipinski definition) is 6. The van der Waals surface area contributed by atoms with E-state index < -0.39 is 11.6 Å². The molecule has 8 nitrogen and oxygen atoms in total. The number of pyridine rings is 1. The number of rotatable bonds is 5. The van der Waals surface area contributed by atoms with Crippen LogP contribution in [0.5, 0.6) is 5.88 Å². The molecule has 5 heterocycles. The van der Waals surface area contributed by atoms with Crippen molar-refractivity contribution in [2.75, 3.05) is 18.6 Å². The summed E-state index contributed by atoms with van der Waals surface area (Å²) in [6, 6.07) is 8.90. The van der Waals surface area contributed by atoms with Gasteiger partial charge in [-0.05, 0) is 49.2 Å². The Morgan fingerprint density at radius 3 is 2.89 bits per heavy atom. The predicted octanol–water partition coefficient (Wildman–Crippen LogP) is 4.61. The Morgan fingerprint density at radius 2 is 2.00 bits per heavy atom. The highest BCUT2D eigenvalue weighted by Gasteiger charge is 2.30. The molecule has 1 atom stereocenters. The molecule has 5 aromatic rings. The molecule has 4 aromatic heterocycles. The zero-order valence-electron chi connectivity index (χ0n) is 18.8. The Labute approximate surface area is 199 Å². The van der Waals surface area contributed by atoms with Crippen molar-refractivity contribution in [2.45, 2.75) is 18.9 Å². The second-order valence-corrected chi connectivity index (χ2v) is 8.33. The number of benzene rings is 1. The molecule has 1 aliphatic heterocycles. The lowest BCUT2D eigenvalue weighted by Gasteiger charge is -2.26. The normalized spacial score (nSPS) is 15.7. The van der Waals surface area contributed by atoms with Crippen molar-refractivity contribution in [3.63, 3.8) is 0 Å². The third-order valence-electron chi connectivity index (χ3n) is 6.30. The number of halogens is 2. The highest BCUT2D eigenvalue weighted by Crippen LogP contribution is 2.37. The van der Waals surface area contributed by atoms with Gasteiger partial charge in [0.1, 0.15) is 23.1 Å². The van der Waals surface area contributed by atoms with Crippen LogP contribution in [0.1, 0.15) is 24.4 Å². The number of methoxy groups -OCH3 is 1. The van der Waals surface area contributed by atoms with Crippen LogP contribution in [-0.2, 0) is 0 Å². The molecule has 0 radical (unpaired) electrons. The van der Waals surface area contributed by atoms with E-state index in [4.69, 9.17) is 9.72 Å². The first kappa shape index (κ1) is 21.2. The number of nitrogens with zero attached hydrogens (tertiary/aromatic N) is 7. The number of ether oxygens (including phenoxy) is 1. The summed E-state index contributed by atoms with van der Waals surface area (Å²) in [4.78, 5) is 11.1. The third-order valence-corrected chi connectivity index (χ3v) is 6.30. The number of aromatic nitrogens is 6. The van der Waals surface area contributed by atoms with E-state index in [9.17, 15) is 8.78 Å². The molecule has 1 fully saturated rings. The van der Waals surface area contributed by atoms with Crippen molar-refractivity contribution in [3.8, 4) is 22.7 Å². The zero-order chi connectivity index (χ0) is 23.9. The van der Waals surface area contributed by atoms with Crippen molar-refractivity contribution in [3.05, 3.63) is 84.6 Å². The third kappa shape index (κ3) is 3.67. The molecular weight excluding hydrogens is 452 g/mol. The molecule has 10 heteroatoms. The maximum atomic E-state index is 14.5. The van der Waals surface area contributed by atoms with Gasteiger partial charge >= 0.3 is 0 Å². The first-order valence-corrected chi connectivity index (χ1v) is 11.2. The standard InChI is InChI=1S/C25H21F2N7O/c1-35-25-18(4-2-9-28-25)16-13-29-34(15-16)22-14-30-33-11-8-23(31-24(22)33)32-10-3-5-21(32)19-12-17(26)6-7-20(19)27/h2,4,6-9,11-15,21H,3,5,10H2,1H3/t21-/m1/s1. The minimum absolute atomic E-state index is 0.290. The average molecular weight is 473 g/mol. The van der Waals surface area contributed by atoms with Crippen LogP contribution in [0.2, 0.25) is 0 Å². The maximum absolute atomic E-state index is 14.5. The van der Waals surface area contributed by atoms with Gasteiger partial charge in [0.15, 0.2) is 5.65 Å². The summed E-state index contributed by atoms with van der Waals surface area (Å²) >= 11 is 0. The van der Waals surface area contributed by atoms with Crippen LogP contribution in [0.3, 0.4) is 0 Å². The van der Waals surface area contributed by atoms with Gasteiger partial charge in [0.05, 0.1) is 25.5 Å². The smallest absolute Gasteiger partial charge is 0.221 e. The largest absolute Gasteiger partial charge is 0.481 e. The minimum atomic E-state index is -0.450. The minimum Gasteiger partial charge on any atom is -0.481 e. The van der Waals surface area contributed by atoms with Gasteiger partial charge < -0.3 is 9.64 Å². The molecule has 1 aliphatic rings. The fraction of sp³-hybridized carbons (Fsp3) is 0.200. The molecule has 35 heavy (non-hydrogen) atoms. The summed E-state index contributed by atoms with van der Waals surface area (Å²) in [6.45, 7) is 0.694. The fourth-order valence-electron chi connectivity index (χ4n) is 4.67. The molecule has 1 saturated heterocycles. The second-order valence-electron chi connectivity index (χ2n) is 8.33. The highest BCUT2D eigenvalue weighted by atomic mass is 19.1. The molecular formula is C25H21F2N7O. The number of anilines is 1. The van der Waals surface area contributed by atoms with E-state index in [0.717, 1.165) is 30.0 Å². The van der Waals surface area contributed by atoms with Crippen LogP contribution in [0, 0.1) is 11.6 Å². The van der Waals surface area contributed by atoms with E-state index >= 15 is 0 Å². The van der Waals surface area contributed by atoms with Gasteiger partial charge in [0, 0.05) is 41.8 Å².